The van der Waals surface area contributed by atoms with Crippen molar-refractivity contribution in [3.05, 3.63) is 36.0 Å². The van der Waals surface area contributed by atoms with Crippen LogP contribution in [0.1, 0.15) is 39.2 Å². The molecule has 0 saturated carbocycles. The number of benzene rings is 1. The molecule has 0 aliphatic carbocycles. The van der Waals surface area contributed by atoms with Gasteiger partial charge in [0.05, 0.1) is 6.42 Å². The van der Waals surface area contributed by atoms with Gasteiger partial charge in [0.2, 0.25) is 5.91 Å². The number of aromatic amines is 1. The maximum absolute atomic E-state index is 12.0. The van der Waals surface area contributed by atoms with Crippen molar-refractivity contribution in [2.75, 3.05) is 6.54 Å². The Balaban J connectivity index is 1.83. The Labute approximate surface area is 120 Å². The molecule has 0 fully saturated rings. The molecule has 0 unspecified atom stereocenters. The predicted octanol–water partition coefficient (Wildman–Crippen LogP) is 3.65. The molecule has 0 aliphatic heterocycles. The average molecular weight is 272 g/mol. The van der Waals surface area contributed by atoms with Crippen LogP contribution in [-0.4, -0.2) is 17.4 Å². The Hall–Kier alpha value is -1.77. The third-order valence-corrected chi connectivity index (χ3v) is 3.45. The molecule has 0 aliphatic rings. The molecule has 0 spiro atoms. The Morgan fingerprint density at radius 2 is 2.00 bits per heavy atom. The Kier molecular flexibility index (Phi) is 4.48. The lowest BCUT2D eigenvalue weighted by Crippen LogP contribution is -2.26. The van der Waals surface area contributed by atoms with Gasteiger partial charge in [-0.1, -0.05) is 39.0 Å². The zero-order chi connectivity index (χ0) is 14.6. The quantitative estimate of drug-likeness (QED) is 0.802. The second kappa shape index (κ2) is 6.12. The molecule has 0 atom stereocenters. The summed E-state index contributed by atoms with van der Waals surface area (Å²) in [5.74, 6) is 0.101. The zero-order valence-electron chi connectivity index (χ0n) is 12.6. The summed E-state index contributed by atoms with van der Waals surface area (Å²) in [6.45, 7) is 7.43. The fourth-order valence-corrected chi connectivity index (χ4v) is 2.36. The number of hydrogen-bond acceptors (Lipinski definition) is 1. The van der Waals surface area contributed by atoms with E-state index in [0.717, 1.165) is 35.9 Å². The molecule has 3 nitrogen and oxygen atoms in total. The van der Waals surface area contributed by atoms with Gasteiger partial charge in [0.1, 0.15) is 0 Å². The van der Waals surface area contributed by atoms with Crippen molar-refractivity contribution in [3.8, 4) is 0 Å². The molecule has 2 N–H and O–H groups in total. The first-order valence-corrected chi connectivity index (χ1v) is 7.27. The highest BCUT2D eigenvalue weighted by Crippen LogP contribution is 2.20. The number of aromatic nitrogens is 1. The van der Waals surface area contributed by atoms with Crippen molar-refractivity contribution >= 4 is 16.8 Å². The molecule has 1 heterocycles. The van der Waals surface area contributed by atoms with Crippen LogP contribution in [0.15, 0.2) is 30.5 Å². The van der Waals surface area contributed by atoms with E-state index in [0.29, 0.717) is 11.8 Å². The van der Waals surface area contributed by atoms with Crippen molar-refractivity contribution < 1.29 is 4.79 Å². The van der Waals surface area contributed by atoms with Gasteiger partial charge in [-0.25, -0.2) is 0 Å². The van der Waals surface area contributed by atoms with Gasteiger partial charge in [0, 0.05) is 23.6 Å². The molecule has 2 rings (SSSR count). The second-order valence-electron chi connectivity index (χ2n) is 6.55. The van der Waals surface area contributed by atoms with Crippen LogP contribution in [0.2, 0.25) is 0 Å². The van der Waals surface area contributed by atoms with Crippen LogP contribution in [0.5, 0.6) is 0 Å². The first-order valence-electron chi connectivity index (χ1n) is 7.27. The number of rotatable bonds is 5. The highest BCUT2D eigenvalue weighted by atomic mass is 16.1. The summed E-state index contributed by atoms with van der Waals surface area (Å²) in [5.41, 5.74) is 2.48. The van der Waals surface area contributed by atoms with E-state index >= 15 is 0 Å². The van der Waals surface area contributed by atoms with Crippen molar-refractivity contribution in [1.29, 1.82) is 0 Å². The van der Waals surface area contributed by atoms with E-state index in [2.05, 4.69) is 31.1 Å². The molecule has 1 aromatic heterocycles. The molecule has 1 aromatic carbocycles. The summed E-state index contributed by atoms with van der Waals surface area (Å²) < 4.78 is 0. The highest BCUT2D eigenvalue weighted by molar-refractivity contribution is 5.88. The number of H-pyrrole nitrogens is 1. The summed E-state index contributed by atoms with van der Waals surface area (Å²) in [6.07, 6.45) is 4.53. The van der Waals surface area contributed by atoms with E-state index in [1.165, 1.54) is 0 Å². The monoisotopic (exact) mass is 272 g/mol. The minimum atomic E-state index is 0.101. The highest BCUT2D eigenvalue weighted by Gasteiger charge is 2.11. The minimum Gasteiger partial charge on any atom is -0.361 e. The number of fused-ring (bicyclic) bond motifs is 1. The van der Waals surface area contributed by atoms with Crippen LogP contribution in [0.25, 0.3) is 10.9 Å². The number of amides is 1. The molecular weight excluding hydrogens is 248 g/mol. The zero-order valence-corrected chi connectivity index (χ0v) is 12.6. The van der Waals surface area contributed by atoms with Crippen LogP contribution in [0, 0.1) is 5.41 Å². The third-order valence-electron chi connectivity index (χ3n) is 3.45. The standard InChI is InChI=1S/C17H24N2O/c1-17(2,3)9-6-10-18-16(20)11-13-12-19-15-8-5-4-7-14(13)15/h4-5,7-8,12,19H,6,9-11H2,1-3H3,(H,18,20). The Morgan fingerprint density at radius 1 is 1.25 bits per heavy atom. The first-order chi connectivity index (χ1) is 9.46. The largest absolute Gasteiger partial charge is 0.361 e. The molecular formula is C17H24N2O. The molecule has 108 valence electrons. The topological polar surface area (TPSA) is 44.9 Å². The van der Waals surface area contributed by atoms with Gasteiger partial charge in [-0.15, -0.1) is 0 Å². The number of hydrogen-bond donors (Lipinski definition) is 2. The summed E-state index contributed by atoms with van der Waals surface area (Å²) >= 11 is 0. The van der Waals surface area contributed by atoms with Crippen molar-refractivity contribution in [2.45, 2.75) is 40.0 Å². The van der Waals surface area contributed by atoms with E-state index in [-0.39, 0.29) is 5.91 Å². The molecule has 3 heteroatoms. The Morgan fingerprint density at radius 3 is 2.75 bits per heavy atom. The lowest BCUT2D eigenvalue weighted by Gasteiger charge is -2.17. The third kappa shape index (κ3) is 4.12. The lowest BCUT2D eigenvalue weighted by atomic mass is 9.91. The molecule has 0 bridgehead atoms. The van der Waals surface area contributed by atoms with Gasteiger partial charge in [-0.2, -0.15) is 0 Å². The number of carbonyl (C=O) groups is 1. The molecule has 2 aromatic rings. The second-order valence-corrected chi connectivity index (χ2v) is 6.55. The van der Waals surface area contributed by atoms with E-state index < -0.39 is 0 Å². The summed E-state index contributed by atoms with van der Waals surface area (Å²) in [4.78, 5) is 15.2. The van der Waals surface area contributed by atoms with Gasteiger partial charge in [0.25, 0.3) is 0 Å². The lowest BCUT2D eigenvalue weighted by molar-refractivity contribution is -0.120. The van der Waals surface area contributed by atoms with Crippen LogP contribution >= 0.6 is 0 Å². The number of nitrogens with one attached hydrogen (secondary N) is 2. The number of para-hydroxylation sites is 1. The maximum Gasteiger partial charge on any atom is 0.224 e. The van der Waals surface area contributed by atoms with Crippen molar-refractivity contribution in [1.82, 2.24) is 10.3 Å². The normalized spacial score (nSPS) is 11.8. The predicted molar refractivity (Wildman–Crippen MR) is 83.7 cm³/mol. The minimum absolute atomic E-state index is 0.101. The van der Waals surface area contributed by atoms with Crippen LogP contribution < -0.4 is 5.32 Å². The van der Waals surface area contributed by atoms with Crippen LogP contribution in [-0.2, 0) is 11.2 Å². The van der Waals surface area contributed by atoms with Crippen molar-refractivity contribution in [3.63, 3.8) is 0 Å². The molecule has 20 heavy (non-hydrogen) atoms. The van der Waals surface area contributed by atoms with Crippen LogP contribution in [0.3, 0.4) is 0 Å². The van der Waals surface area contributed by atoms with Gasteiger partial charge in [-0.05, 0) is 29.9 Å². The SMILES string of the molecule is CC(C)(C)CCCNC(=O)Cc1c[nH]c2ccccc12. The molecule has 0 saturated heterocycles. The molecule has 0 radical (unpaired) electrons. The molecule has 1 amide bonds. The number of carbonyl (C=O) groups excluding carboxylic acids is 1. The fourth-order valence-electron chi connectivity index (χ4n) is 2.36. The van der Waals surface area contributed by atoms with E-state index in [1.54, 1.807) is 0 Å². The van der Waals surface area contributed by atoms with Gasteiger partial charge in [0.15, 0.2) is 0 Å². The van der Waals surface area contributed by atoms with E-state index in [9.17, 15) is 4.79 Å². The summed E-state index contributed by atoms with van der Waals surface area (Å²) in [5, 5.41) is 4.14. The van der Waals surface area contributed by atoms with Crippen LogP contribution in [0.4, 0.5) is 0 Å². The maximum atomic E-state index is 12.0. The van der Waals surface area contributed by atoms with Crippen molar-refractivity contribution in [2.24, 2.45) is 5.41 Å². The first kappa shape index (κ1) is 14.6. The van der Waals surface area contributed by atoms with E-state index in [1.807, 2.05) is 30.5 Å². The van der Waals surface area contributed by atoms with Gasteiger partial charge in [-0.3, -0.25) is 4.79 Å². The summed E-state index contributed by atoms with van der Waals surface area (Å²) in [6, 6.07) is 8.07. The Bertz CT molecular complexity index is 578. The smallest absolute Gasteiger partial charge is 0.224 e. The van der Waals surface area contributed by atoms with E-state index in [4.69, 9.17) is 0 Å². The van der Waals surface area contributed by atoms with Gasteiger partial charge >= 0.3 is 0 Å². The fraction of sp³-hybridized carbons (Fsp3) is 0.471. The summed E-state index contributed by atoms with van der Waals surface area (Å²) in [7, 11) is 0. The average Bonchev–Trinajstić information content (AvgIpc) is 2.77. The van der Waals surface area contributed by atoms with Gasteiger partial charge < -0.3 is 10.3 Å².